The van der Waals surface area contributed by atoms with Crippen LogP contribution in [-0.4, -0.2) is 29.7 Å². The first-order chi connectivity index (χ1) is 5.13. The van der Waals surface area contributed by atoms with Gasteiger partial charge in [-0.05, 0) is 13.8 Å². The Morgan fingerprint density at radius 3 is 2.55 bits per heavy atom. The van der Waals surface area contributed by atoms with Crippen LogP contribution in [0.5, 0.6) is 0 Å². The van der Waals surface area contributed by atoms with Crippen molar-refractivity contribution in [2.24, 2.45) is 0 Å². The first-order valence-corrected chi connectivity index (χ1v) is 4.71. The number of hydrogen-bond acceptors (Lipinski definition) is 3. The monoisotopic (exact) mass is 272 g/mol. The molecule has 0 amide bonds. The van der Waals surface area contributed by atoms with Crippen LogP contribution in [0.3, 0.4) is 0 Å². The van der Waals surface area contributed by atoms with Crippen LogP contribution >= 0.6 is 22.6 Å². The molecule has 0 bridgehead atoms. The molecule has 0 spiro atoms. The van der Waals surface area contributed by atoms with Crippen molar-refractivity contribution < 1.29 is 14.3 Å². The van der Waals surface area contributed by atoms with Crippen LogP contribution in [0, 0.1) is 0 Å². The Labute approximate surface area is 80.6 Å². The highest BCUT2D eigenvalue weighted by molar-refractivity contribution is 14.1. The molecule has 3 nitrogen and oxygen atoms in total. The molecule has 0 N–H and O–H groups in total. The summed E-state index contributed by atoms with van der Waals surface area (Å²) in [4.78, 5) is 11.0. The van der Waals surface area contributed by atoms with E-state index < -0.39 is 0 Å². The molecule has 0 aromatic carbocycles. The molecule has 0 aliphatic rings. The van der Waals surface area contributed by atoms with Gasteiger partial charge in [-0.25, -0.2) is 0 Å². The summed E-state index contributed by atoms with van der Waals surface area (Å²) in [7, 11) is 1.58. The fraction of sp³-hybridized carbons (Fsp3) is 0.857. The van der Waals surface area contributed by atoms with Gasteiger partial charge in [0.2, 0.25) is 0 Å². The van der Waals surface area contributed by atoms with Crippen LogP contribution in [0.15, 0.2) is 0 Å². The largest absolute Gasteiger partial charge is 0.465 e. The van der Waals surface area contributed by atoms with Crippen LogP contribution in [0.2, 0.25) is 0 Å². The molecule has 66 valence electrons. The fourth-order valence-corrected chi connectivity index (χ4v) is 1.01. The van der Waals surface area contributed by atoms with Gasteiger partial charge >= 0.3 is 5.97 Å². The predicted molar refractivity (Wildman–Crippen MR) is 50.9 cm³/mol. The maximum Gasteiger partial charge on any atom is 0.321 e. The van der Waals surface area contributed by atoms with E-state index in [-0.39, 0.29) is 16.0 Å². The summed E-state index contributed by atoms with van der Waals surface area (Å²) in [5, 5.41) is 0. The highest BCUT2D eigenvalue weighted by atomic mass is 127. The summed E-state index contributed by atoms with van der Waals surface area (Å²) >= 11 is 2.02. The summed E-state index contributed by atoms with van der Waals surface area (Å²) in [5.74, 6) is -0.206. The van der Waals surface area contributed by atoms with Crippen molar-refractivity contribution in [2.45, 2.75) is 23.9 Å². The van der Waals surface area contributed by atoms with Gasteiger partial charge in [0.1, 0.15) is 3.92 Å². The number of halogens is 1. The van der Waals surface area contributed by atoms with Gasteiger partial charge in [-0.1, -0.05) is 22.6 Å². The highest BCUT2D eigenvalue weighted by Gasteiger charge is 2.22. The smallest absolute Gasteiger partial charge is 0.321 e. The fourth-order valence-electron chi connectivity index (χ4n) is 0.533. The molecule has 0 fully saturated rings. The number of methoxy groups -OCH3 is 1. The number of esters is 1. The second-order valence-corrected chi connectivity index (χ2v) is 3.44. The van der Waals surface area contributed by atoms with E-state index in [1.807, 2.05) is 29.5 Å². The van der Waals surface area contributed by atoms with Crippen molar-refractivity contribution in [1.29, 1.82) is 0 Å². The van der Waals surface area contributed by atoms with Gasteiger partial charge in [-0.15, -0.1) is 0 Å². The minimum absolute atomic E-state index is 0.0883. The third-order valence-electron chi connectivity index (χ3n) is 1.30. The molecule has 2 atom stereocenters. The zero-order valence-corrected chi connectivity index (χ0v) is 9.12. The van der Waals surface area contributed by atoms with Gasteiger partial charge < -0.3 is 9.47 Å². The van der Waals surface area contributed by atoms with Crippen molar-refractivity contribution in [2.75, 3.05) is 13.7 Å². The van der Waals surface area contributed by atoms with E-state index in [0.717, 1.165) is 0 Å². The number of carbonyl (C=O) groups excluding carboxylic acids is 1. The lowest BCUT2D eigenvalue weighted by Gasteiger charge is -2.14. The third-order valence-corrected chi connectivity index (χ3v) is 2.82. The number of ether oxygens (including phenoxy) is 2. The average Bonchev–Trinajstić information content (AvgIpc) is 2.02. The van der Waals surface area contributed by atoms with Crippen LogP contribution in [0.25, 0.3) is 0 Å². The molecule has 0 aliphatic heterocycles. The topological polar surface area (TPSA) is 35.5 Å². The molecular weight excluding hydrogens is 259 g/mol. The average molecular weight is 272 g/mol. The van der Waals surface area contributed by atoms with E-state index in [4.69, 9.17) is 9.47 Å². The molecule has 0 aromatic heterocycles. The first kappa shape index (κ1) is 11.2. The predicted octanol–water partition coefficient (Wildman–Crippen LogP) is 1.39. The van der Waals surface area contributed by atoms with Gasteiger partial charge in [0.15, 0.2) is 0 Å². The highest BCUT2D eigenvalue weighted by Crippen LogP contribution is 2.10. The van der Waals surface area contributed by atoms with Gasteiger partial charge in [0.25, 0.3) is 0 Å². The van der Waals surface area contributed by atoms with Gasteiger partial charge in [-0.3, -0.25) is 4.79 Å². The molecule has 0 radical (unpaired) electrons. The number of carbonyl (C=O) groups is 1. The first-order valence-electron chi connectivity index (χ1n) is 3.47. The minimum Gasteiger partial charge on any atom is -0.465 e. The lowest BCUT2D eigenvalue weighted by molar-refractivity contribution is -0.144. The number of hydrogen-bond donors (Lipinski definition) is 0. The van der Waals surface area contributed by atoms with E-state index in [1.54, 1.807) is 14.0 Å². The Morgan fingerprint density at radius 1 is 1.64 bits per heavy atom. The summed E-state index contributed by atoms with van der Waals surface area (Å²) in [6, 6.07) is 0. The minimum atomic E-state index is -0.211. The van der Waals surface area contributed by atoms with Crippen LogP contribution in [-0.2, 0) is 14.3 Å². The molecule has 0 saturated heterocycles. The van der Waals surface area contributed by atoms with Gasteiger partial charge in [0.05, 0.1) is 12.7 Å². The molecule has 0 heterocycles. The standard InChI is InChI=1S/C7H13IO3/c1-4-11-7(9)6(8)5(2)10-3/h5-6H,4H2,1-3H3/t5-,6+/m0/s1. The van der Waals surface area contributed by atoms with E-state index in [2.05, 4.69) is 0 Å². The Kier molecular flexibility index (Phi) is 5.85. The second-order valence-electron chi connectivity index (χ2n) is 2.09. The Balaban J connectivity index is 3.80. The van der Waals surface area contributed by atoms with E-state index >= 15 is 0 Å². The molecule has 0 aromatic rings. The van der Waals surface area contributed by atoms with Crippen molar-refractivity contribution in [1.82, 2.24) is 0 Å². The van der Waals surface area contributed by atoms with E-state index in [1.165, 1.54) is 0 Å². The quantitative estimate of drug-likeness (QED) is 0.440. The zero-order chi connectivity index (χ0) is 8.85. The third kappa shape index (κ3) is 3.91. The summed E-state index contributed by atoms with van der Waals surface area (Å²) < 4.78 is 9.56. The lowest BCUT2D eigenvalue weighted by Crippen LogP contribution is -2.29. The molecule has 0 aliphatic carbocycles. The maximum absolute atomic E-state index is 11.0. The Morgan fingerprint density at radius 2 is 2.18 bits per heavy atom. The van der Waals surface area contributed by atoms with Crippen LogP contribution in [0.4, 0.5) is 0 Å². The zero-order valence-electron chi connectivity index (χ0n) is 6.96. The van der Waals surface area contributed by atoms with Gasteiger partial charge in [-0.2, -0.15) is 0 Å². The normalized spacial score (nSPS) is 15.6. The van der Waals surface area contributed by atoms with Crippen molar-refractivity contribution in [3.8, 4) is 0 Å². The van der Waals surface area contributed by atoms with Crippen molar-refractivity contribution >= 4 is 28.6 Å². The second kappa shape index (κ2) is 5.77. The molecule has 0 unspecified atom stereocenters. The lowest BCUT2D eigenvalue weighted by atomic mass is 10.3. The molecule has 0 saturated carbocycles. The summed E-state index contributed by atoms with van der Waals surface area (Å²) in [6.07, 6.45) is -0.0883. The molecule has 11 heavy (non-hydrogen) atoms. The van der Waals surface area contributed by atoms with Gasteiger partial charge in [0, 0.05) is 7.11 Å². The Bertz CT molecular complexity index is 127. The molecule has 0 rings (SSSR count). The number of rotatable bonds is 4. The summed E-state index contributed by atoms with van der Waals surface area (Å²) in [5.41, 5.74) is 0. The van der Waals surface area contributed by atoms with E-state index in [0.29, 0.717) is 6.61 Å². The van der Waals surface area contributed by atoms with Crippen LogP contribution < -0.4 is 0 Å². The molecular formula is C7H13IO3. The maximum atomic E-state index is 11.0. The summed E-state index contributed by atoms with van der Waals surface area (Å²) in [6.45, 7) is 4.06. The van der Waals surface area contributed by atoms with Crippen molar-refractivity contribution in [3.63, 3.8) is 0 Å². The molecule has 4 heteroatoms. The SMILES string of the molecule is CCOC(=O)[C@H](I)[C@H](C)OC. The van der Waals surface area contributed by atoms with Crippen molar-refractivity contribution in [3.05, 3.63) is 0 Å². The number of alkyl halides is 1. The Hall–Kier alpha value is 0.160. The van der Waals surface area contributed by atoms with Crippen LogP contribution in [0.1, 0.15) is 13.8 Å². The van der Waals surface area contributed by atoms with E-state index in [9.17, 15) is 4.79 Å².